The van der Waals surface area contributed by atoms with Gasteiger partial charge >= 0.3 is 0 Å². The van der Waals surface area contributed by atoms with Crippen molar-refractivity contribution in [2.24, 2.45) is 0 Å². The topological polar surface area (TPSA) is 20.3 Å². The molecule has 2 nitrogen and oxygen atoms in total. The summed E-state index contributed by atoms with van der Waals surface area (Å²) in [6.07, 6.45) is 4.12. The quantitative estimate of drug-likeness (QED) is 0.596. The van der Waals surface area contributed by atoms with E-state index >= 15 is 0 Å². The van der Waals surface area contributed by atoms with Crippen LogP contribution in [0.15, 0.2) is 66.9 Å². The smallest absolute Gasteiger partial charge is 0.144 e. The molecular weight excluding hydrogens is 234 g/mol. The lowest BCUT2D eigenvalue weighted by Gasteiger charge is -2.20. The minimum atomic E-state index is 0.744. The second kappa shape index (κ2) is 6.55. The van der Waals surface area contributed by atoms with Gasteiger partial charge < -0.3 is 4.90 Å². The fraction of sp³-hybridized carbons (Fsp3) is 0.118. The standard InChI is InChI=1S/C17H17NO/c1-15-8-10-17(11-9-15)18(12-5-13-19)14-16-6-3-2-4-7-16/h2-13H,14H2,1H3. The van der Waals surface area contributed by atoms with Gasteiger partial charge in [0.25, 0.3) is 0 Å². The van der Waals surface area contributed by atoms with Gasteiger partial charge in [-0.15, -0.1) is 0 Å². The van der Waals surface area contributed by atoms with Gasteiger partial charge in [0.15, 0.2) is 0 Å². The minimum Gasteiger partial charge on any atom is -0.343 e. The highest BCUT2D eigenvalue weighted by Gasteiger charge is 2.03. The van der Waals surface area contributed by atoms with Crippen LogP contribution < -0.4 is 4.90 Å². The number of carbonyl (C=O) groups is 1. The molecule has 0 atom stereocenters. The number of benzene rings is 2. The summed E-state index contributed by atoms with van der Waals surface area (Å²) in [6.45, 7) is 2.81. The van der Waals surface area contributed by atoms with Crippen molar-refractivity contribution in [3.63, 3.8) is 0 Å². The molecular formula is C17H17NO. The molecule has 0 saturated carbocycles. The van der Waals surface area contributed by atoms with E-state index in [4.69, 9.17) is 0 Å². The van der Waals surface area contributed by atoms with Crippen molar-refractivity contribution in [3.8, 4) is 0 Å². The maximum absolute atomic E-state index is 10.5. The fourth-order valence-electron chi connectivity index (χ4n) is 1.89. The fourth-order valence-corrected chi connectivity index (χ4v) is 1.89. The van der Waals surface area contributed by atoms with Crippen LogP contribution in [0, 0.1) is 6.92 Å². The highest BCUT2D eigenvalue weighted by Crippen LogP contribution is 2.18. The molecule has 0 N–H and O–H groups in total. The van der Waals surface area contributed by atoms with Crippen LogP contribution in [0.5, 0.6) is 0 Å². The number of aryl methyl sites for hydroxylation is 1. The van der Waals surface area contributed by atoms with Crippen LogP contribution in [-0.4, -0.2) is 6.29 Å². The van der Waals surface area contributed by atoms with Gasteiger partial charge in [-0.05, 0) is 30.7 Å². The van der Waals surface area contributed by atoms with Crippen LogP contribution in [0.4, 0.5) is 5.69 Å². The first-order chi connectivity index (χ1) is 9.29. The number of hydrogen-bond acceptors (Lipinski definition) is 2. The van der Waals surface area contributed by atoms with Crippen molar-refractivity contribution in [3.05, 3.63) is 78.0 Å². The first kappa shape index (κ1) is 13.1. The summed E-state index contributed by atoms with van der Waals surface area (Å²) < 4.78 is 0. The van der Waals surface area contributed by atoms with Gasteiger partial charge in [0.05, 0.1) is 0 Å². The molecule has 0 aromatic heterocycles. The van der Waals surface area contributed by atoms with Crippen molar-refractivity contribution < 1.29 is 4.79 Å². The van der Waals surface area contributed by atoms with Gasteiger partial charge in [0, 0.05) is 18.4 Å². The molecule has 2 heteroatoms. The Morgan fingerprint density at radius 1 is 1.00 bits per heavy atom. The highest BCUT2D eigenvalue weighted by atomic mass is 16.1. The molecule has 0 fully saturated rings. The highest BCUT2D eigenvalue weighted by molar-refractivity contribution is 5.66. The van der Waals surface area contributed by atoms with E-state index in [0.29, 0.717) is 0 Å². The van der Waals surface area contributed by atoms with E-state index in [2.05, 4.69) is 48.2 Å². The summed E-state index contributed by atoms with van der Waals surface area (Å²) in [5, 5.41) is 0. The Morgan fingerprint density at radius 2 is 1.68 bits per heavy atom. The van der Waals surface area contributed by atoms with E-state index in [1.807, 2.05) is 24.4 Å². The molecule has 0 heterocycles. The molecule has 2 rings (SSSR count). The lowest BCUT2D eigenvalue weighted by Crippen LogP contribution is -2.15. The average Bonchev–Trinajstić information content (AvgIpc) is 2.45. The third-order valence-corrected chi connectivity index (χ3v) is 2.91. The molecule has 2 aromatic rings. The van der Waals surface area contributed by atoms with Crippen LogP contribution in [0.25, 0.3) is 0 Å². The zero-order valence-corrected chi connectivity index (χ0v) is 11.0. The van der Waals surface area contributed by atoms with Gasteiger partial charge in [0.2, 0.25) is 0 Å². The first-order valence-corrected chi connectivity index (χ1v) is 6.29. The summed E-state index contributed by atoms with van der Waals surface area (Å²) in [5.74, 6) is 0. The molecule has 0 aliphatic heterocycles. The number of carbonyl (C=O) groups excluding carboxylic acids is 1. The zero-order valence-electron chi connectivity index (χ0n) is 11.0. The molecule has 0 bridgehead atoms. The van der Waals surface area contributed by atoms with Crippen molar-refractivity contribution in [1.82, 2.24) is 0 Å². The van der Waals surface area contributed by atoms with Crippen molar-refractivity contribution in [1.29, 1.82) is 0 Å². The molecule has 0 spiro atoms. The largest absolute Gasteiger partial charge is 0.343 e. The molecule has 0 unspecified atom stereocenters. The van der Waals surface area contributed by atoms with E-state index in [9.17, 15) is 4.79 Å². The second-order valence-corrected chi connectivity index (χ2v) is 4.43. The molecule has 0 radical (unpaired) electrons. The van der Waals surface area contributed by atoms with Crippen LogP contribution >= 0.6 is 0 Å². The Balaban J connectivity index is 2.23. The molecule has 0 saturated heterocycles. The molecule has 0 aliphatic carbocycles. The normalized spacial score (nSPS) is 10.6. The Hall–Kier alpha value is -2.35. The number of anilines is 1. The monoisotopic (exact) mass is 251 g/mol. The summed E-state index contributed by atoms with van der Waals surface area (Å²) >= 11 is 0. The Morgan fingerprint density at radius 3 is 2.32 bits per heavy atom. The van der Waals surface area contributed by atoms with E-state index < -0.39 is 0 Å². The predicted octanol–water partition coefficient (Wildman–Crippen LogP) is 3.71. The summed E-state index contributed by atoms with van der Waals surface area (Å²) in [6, 6.07) is 18.5. The van der Waals surface area contributed by atoms with E-state index in [1.54, 1.807) is 0 Å². The lowest BCUT2D eigenvalue weighted by molar-refractivity contribution is -0.104. The number of nitrogens with zero attached hydrogens (tertiary/aromatic N) is 1. The number of rotatable bonds is 5. The molecule has 19 heavy (non-hydrogen) atoms. The predicted molar refractivity (Wildman–Crippen MR) is 79.0 cm³/mol. The van der Waals surface area contributed by atoms with Crippen LogP contribution in [0.2, 0.25) is 0 Å². The summed E-state index contributed by atoms with van der Waals surface area (Å²) in [5.41, 5.74) is 3.51. The van der Waals surface area contributed by atoms with E-state index in [0.717, 1.165) is 18.5 Å². The summed E-state index contributed by atoms with van der Waals surface area (Å²) in [4.78, 5) is 12.6. The third kappa shape index (κ3) is 3.81. The number of allylic oxidation sites excluding steroid dienone is 1. The SMILES string of the molecule is Cc1ccc(N(C=CC=O)Cc2ccccc2)cc1. The van der Waals surface area contributed by atoms with Crippen LogP contribution in [-0.2, 0) is 11.3 Å². The molecule has 0 aliphatic rings. The molecule has 0 amide bonds. The second-order valence-electron chi connectivity index (χ2n) is 4.43. The van der Waals surface area contributed by atoms with Gasteiger partial charge in [-0.3, -0.25) is 4.79 Å². The van der Waals surface area contributed by atoms with Gasteiger partial charge in [-0.2, -0.15) is 0 Å². The van der Waals surface area contributed by atoms with Crippen molar-refractivity contribution in [2.45, 2.75) is 13.5 Å². The Kier molecular flexibility index (Phi) is 4.51. The van der Waals surface area contributed by atoms with Crippen LogP contribution in [0.1, 0.15) is 11.1 Å². The third-order valence-electron chi connectivity index (χ3n) is 2.91. The van der Waals surface area contributed by atoms with E-state index in [-0.39, 0.29) is 0 Å². The minimum absolute atomic E-state index is 0.744. The van der Waals surface area contributed by atoms with Gasteiger partial charge in [-0.25, -0.2) is 0 Å². The number of aldehydes is 1. The summed E-state index contributed by atoms with van der Waals surface area (Å²) in [7, 11) is 0. The van der Waals surface area contributed by atoms with Crippen molar-refractivity contribution in [2.75, 3.05) is 4.90 Å². The van der Waals surface area contributed by atoms with Gasteiger partial charge in [-0.1, -0.05) is 48.0 Å². The maximum Gasteiger partial charge on any atom is 0.144 e. The maximum atomic E-state index is 10.5. The van der Waals surface area contributed by atoms with E-state index in [1.165, 1.54) is 17.2 Å². The molecule has 96 valence electrons. The van der Waals surface area contributed by atoms with Crippen LogP contribution in [0.3, 0.4) is 0 Å². The average molecular weight is 251 g/mol. The van der Waals surface area contributed by atoms with Gasteiger partial charge in [0.1, 0.15) is 6.29 Å². The molecule has 2 aromatic carbocycles. The zero-order chi connectivity index (χ0) is 13.5. The first-order valence-electron chi connectivity index (χ1n) is 6.29. The lowest BCUT2D eigenvalue weighted by atomic mass is 10.2. The number of hydrogen-bond donors (Lipinski definition) is 0. The Labute approximate surface area is 114 Å². The van der Waals surface area contributed by atoms with Crippen molar-refractivity contribution >= 4 is 12.0 Å². The Bertz CT molecular complexity index is 543.